The number of rotatable bonds is 39. The first kappa shape index (κ1) is 45.9. The van der Waals surface area contributed by atoms with Crippen LogP contribution in [0.25, 0.3) is 0 Å². The van der Waals surface area contributed by atoms with Crippen molar-refractivity contribution in [2.45, 2.75) is 232 Å². The molecule has 0 bridgehead atoms. The van der Waals surface area contributed by atoms with Crippen LogP contribution >= 0.6 is 0 Å². The predicted molar refractivity (Wildman–Crippen MR) is 212 cm³/mol. The lowest BCUT2D eigenvalue weighted by Crippen LogP contribution is -2.41. The van der Waals surface area contributed by atoms with Gasteiger partial charge in [0.25, 0.3) is 0 Å². The summed E-state index contributed by atoms with van der Waals surface area (Å²) in [5.74, 6) is 0. The van der Waals surface area contributed by atoms with E-state index in [2.05, 4.69) is 42.0 Å². The smallest absolute Gasteiger partial charge is 0.0782 e. The van der Waals surface area contributed by atoms with Crippen molar-refractivity contribution in [2.75, 3.05) is 54.4 Å². The van der Waals surface area contributed by atoms with Gasteiger partial charge in [0.1, 0.15) is 0 Å². The summed E-state index contributed by atoms with van der Waals surface area (Å²) in [5, 5.41) is 0. The van der Waals surface area contributed by atoms with Gasteiger partial charge >= 0.3 is 0 Å². The number of unbranched alkanes of at least 4 members (excludes halogenated alkanes) is 31. The Morgan fingerprint density at radius 3 is 0.478 bits per heavy atom. The van der Waals surface area contributed by atoms with E-state index in [9.17, 15) is 0 Å². The summed E-state index contributed by atoms with van der Waals surface area (Å²) in [6.07, 6.45) is 49.5. The molecular formula is C44H94N2+2. The number of hydrogen-bond acceptors (Lipinski definition) is 0. The van der Waals surface area contributed by atoms with Gasteiger partial charge < -0.3 is 8.97 Å². The first-order valence-electron chi connectivity index (χ1n) is 22.0. The molecule has 0 spiro atoms. The molecule has 0 aliphatic rings. The number of nitrogens with zero attached hydrogens (tertiary/aromatic N) is 2. The fraction of sp³-hybridized carbons (Fsp3) is 1.00. The maximum atomic E-state index is 2.47. The second-order valence-electron chi connectivity index (χ2n) is 17.1. The molecule has 0 aromatic carbocycles. The molecule has 46 heavy (non-hydrogen) atoms. The van der Waals surface area contributed by atoms with Crippen LogP contribution in [-0.2, 0) is 0 Å². The highest BCUT2D eigenvalue weighted by Crippen LogP contribution is 2.16. The van der Waals surface area contributed by atoms with E-state index in [0.29, 0.717) is 0 Å². The van der Waals surface area contributed by atoms with Gasteiger partial charge in [-0.05, 0) is 51.4 Å². The molecule has 0 aliphatic heterocycles. The lowest BCUT2D eigenvalue weighted by atomic mass is 10.0. The topological polar surface area (TPSA) is 0 Å². The van der Waals surface area contributed by atoms with Gasteiger partial charge in [-0.15, -0.1) is 0 Å². The Labute approximate surface area is 294 Å². The molecule has 0 amide bonds. The van der Waals surface area contributed by atoms with Crippen LogP contribution in [-0.4, -0.2) is 63.3 Å². The van der Waals surface area contributed by atoms with Gasteiger partial charge in [-0.2, -0.15) is 0 Å². The third kappa shape index (κ3) is 36.8. The normalized spacial score (nSPS) is 12.4. The van der Waals surface area contributed by atoms with Crippen LogP contribution in [0.2, 0.25) is 0 Å². The predicted octanol–water partition coefficient (Wildman–Crippen LogP) is 14.4. The fourth-order valence-corrected chi connectivity index (χ4v) is 7.48. The van der Waals surface area contributed by atoms with E-state index >= 15 is 0 Å². The maximum absolute atomic E-state index is 2.47. The van der Waals surface area contributed by atoms with Gasteiger partial charge in [0, 0.05) is 0 Å². The third-order valence-corrected chi connectivity index (χ3v) is 11.0. The highest BCUT2D eigenvalue weighted by atomic mass is 15.3. The summed E-state index contributed by atoms with van der Waals surface area (Å²) in [6, 6.07) is 0. The summed E-state index contributed by atoms with van der Waals surface area (Å²) in [6.45, 7) is 10.1. The van der Waals surface area contributed by atoms with E-state index in [1.54, 1.807) is 0 Å². The third-order valence-electron chi connectivity index (χ3n) is 11.0. The zero-order valence-electron chi connectivity index (χ0n) is 33.8. The summed E-state index contributed by atoms with van der Waals surface area (Å²) in [4.78, 5) is 0. The van der Waals surface area contributed by atoms with E-state index in [4.69, 9.17) is 0 Å². The van der Waals surface area contributed by atoms with Gasteiger partial charge in [-0.3, -0.25) is 0 Å². The minimum absolute atomic E-state index is 1.24. The first-order valence-corrected chi connectivity index (χ1v) is 22.0. The van der Waals surface area contributed by atoms with E-state index in [-0.39, 0.29) is 0 Å². The van der Waals surface area contributed by atoms with E-state index < -0.39 is 0 Å². The second-order valence-corrected chi connectivity index (χ2v) is 17.1. The van der Waals surface area contributed by atoms with Gasteiger partial charge in [-0.25, -0.2) is 0 Å². The quantitative estimate of drug-likeness (QED) is 0.0459. The highest BCUT2D eigenvalue weighted by molar-refractivity contribution is 4.52. The molecule has 0 aromatic rings. The zero-order chi connectivity index (χ0) is 33.9. The fourth-order valence-electron chi connectivity index (χ4n) is 7.48. The monoisotopic (exact) mass is 651 g/mol. The Balaban J connectivity index is 3.41. The van der Waals surface area contributed by atoms with Gasteiger partial charge in [0.05, 0.1) is 54.4 Å². The van der Waals surface area contributed by atoms with Crippen molar-refractivity contribution in [3.05, 3.63) is 0 Å². The Hall–Kier alpha value is -0.0800. The van der Waals surface area contributed by atoms with Crippen LogP contribution in [0.4, 0.5) is 0 Å². The average molecular weight is 651 g/mol. The minimum atomic E-state index is 1.24. The van der Waals surface area contributed by atoms with E-state index in [0.717, 1.165) is 0 Å². The lowest BCUT2D eigenvalue weighted by Gasteiger charge is -2.30. The SMILES string of the molecule is CCCCCCCCCCCCCC[N+](C)(C)CCCCCCCCCCCC[N+](C)(C)CCCCCCCCCCCCCC. The highest BCUT2D eigenvalue weighted by Gasteiger charge is 2.14. The average Bonchev–Trinajstić information content (AvgIpc) is 3.02. The van der Waals surface area contributed by atoms with Crippen LogP contribution in [0.5, 0.6) is 0 Å². The maximum Gasteiger partial charge on any atom is 0.0782 e. The summed E-state index contributed by atoms with van der Waals surface area (Å²) in [7, 11) is 9.88. The molecule has 0 rings (SSSR count). The lowest BCUT2D eigenvalue weighted by molar-refractivity contribution is -0.890. The van der Waals surface area contributed by atoms with Crippen molar-refractivity contribution in [2.24, 2.45) is 0 Å². The van der Waals surface area contributed by atoms with Crippen molar-refractivity contribution in [3.8, 4) is 0 Å². The summed E-state index contributed by atoms with van der Waals surface area (Å²) in [5.41, 5.74) is 0. The summed E-state index contributed by atoms with van der Waals surface area (Å²) < 4.78 is 2.49. The van der Waals surface area contributed by atoms with Crippen molar-refractivity contribution in [1.29, 1.82) is 0 Å². The molecule has 0 atom stereocenters. The Morgan fingerprint density at radius 2 is 0.326 bits per heavy atom. The van der Waals surface area contributed by atoms with Gasteiger partial charge in [-0.1, -0.05) is 181 Å². The standard InChI is InChI=1S/C44H94N2/c1-7-9-11-13-15-17-19-21-25-29-33-37-41-45(3,4)43-39-35-31-27-23-24-28-32-36-40-44-46(5,6)42-38-34-30-26-22-20-18-16-14-12-10-8-2/h7-44H2,1-6H3/q+2. The molecule has 278 valence electrons. The largest absolute Gasteiger partial charge is 0.328 e. The van der Waals surface area contributed by atoms with Gasteiger partial charge in [0.15, 0.2) is 0 Å². The molecule has 0 aliphatic carbocycles. The van der Waals surface area contributed by atoms with Gasteiger partial charge in [0.2, 0.25) is 0 Å². The molecule has 0 saturated carbocycles. The Morgan fingerprint density at radius 1 is 0.196 bits per heavy atom. The molecule has 0 unspecified atom stereocenters. The van der Waals surface area contributed by atoms with Crippen molar-refractivity contribution < 1.29 is 8.97 Å². The molecule has 0 N–H and O–H groups in total. The first-order chi connectivity index (χ1) is 22.3. The number of hydrogen-bond donors (Lipinski definition) is 0. The molecule has 0 radical (unpaired) electrons. The summed E-state index contributed by atoms with van der Waals surface area (Å²) >= 11 is 0. The molecule has 0 saturated heterocycles. The minimum Gasteiger partial charge on any atom is -0.328 e. The number of quaternary nitrogens is 2. The van der Waals surface area contributed by atoms with E-state index in [1.165, 1.54) is 253 Å². The Bertz CT molecular complexity index is 518. The van der Waals surface area contributed by atoms with Crippen molar-refractivity contribution in [1.82, 2.24) is 0 Å². The molecule has 2 nitrogen and oxygen atoms in total. The van der Waals surface area contributed by atoms with Crippen LogP contribution in [0.1, 0.15) is 232 Å². The van der Waals surface area contributed by atoms with Crippen LogP contribution in [0.15, 0.2) is 0 Å². The molecular weight excluding hydrogens is 556 g/mol. The van der Waals surface area contributed by atoms with Crippen LogP contribution < -0.4 is 0 Å². The van der Waals surface area contributed by atoms with E-state index in [1.807, 2.05) is 0 Å². The molecule has 2 heteroatoms. The zero-order valence-corrected chi connectivity index (χ0v) is 33.8. The molecule has 0 aromatic heterocycles. The van der Waals surface area contributed by atoms with Crippen molar-refractivity contribution in [3.63, 3.8) is 0 Å². The Kier molecular flexibility index (Phi) is 34.7. The van der Waals surface area contributed by atoms with Crippen LogP contribution in [0.3, 0.4) is 0 Å². The molecule has 0 fully saturated rings. The molecule has 0 heterocycles. The second kappa shape index (κ2) is 34.8. The van der Waals surface area contributed by atoms with Crippen LogP contribution in [0, 0.1) is 0 Å². The van der Waals surface area contributed by atoms with Crippen molar-refractivity contribution >= 4 is 0 Å².